The van der Waals surface area contributed by atoms with Gasteiger partial charge < -0.3 is 10.6 Å². The van der Waals surface area contributed by atoms with Crippen molar-refractivity contribution in [2.45, 2.75) is 39.2 Å². The van der Waals surface area contributed by atoms with Gasteiger partial charge in [0.05, 0.1) is 0 Å². The van der Waals surface area contributed by atoms with Gasteiger partial charge in [0.2, 0.25) is 0 Å². The average Bonchev–Trinajstić information content (AvgIpc) is 2.79. The van der Waals surface area contributed by atoms with Crippen molar-refractivity contribution in [1.29, 1.82) is 0 Å². The third kappa shape index (κ3) is 2.32. The summed E-state index contributed by atoms with van der Waals surface area (Å²) in [6.45, 7) is 6.45. The number of hydrogen-bond acceptors (Lipinski definition) is 2. The Balaban J connectivity index is 2.22. The predicted molar refractivity (Wildman–Crippen MR) is 74.4 cm³/mol. The molecule has 2 nitrogen and oxygen atoms in total. The second kappa shape index (κ2) is 5.54. The van der Waals surface area contributed by atoms with Crippen molar-refractivity contribution in [3.8, 4) is 0 Å². The normalized spacial score (nSPS) is 16.4. The number of nitrogens with zero attached hydrogens (tertiary/aromatic N) is 1. The van der Waals surface area contributed by atoms with Gasteiger partial charge in [-0.1, -0.05) is 44.9 Å². The highest BCUT2D eigenvalue weighted by Crippen LogP contribution is 2.32. The lowest BCUT2D eigenvalue weighted by Gasteiger charge is -2.35. The smallest absolute Gasteiger partial charge is 0.0440 e. The number of fused-ring (bicyclic) bond motifs is 1. The lowest BCUT2D eigenvalue weighted by Crippen LogP contribution is -2.44. The quantitative estimate of drug-likeness (QED) is 0.846. The van der Waals surface area contributed by atoms with Crippen LogP contribution in [-0.4, -0.2) is 19.1 Å². The van der Waals surface area contributed by atoms with Crippen LogP contribution in [0, 0.1) is 5.92 Å². The molecule has 0 radical (unpaired) electrons. The largest absolute Gasteiger partial charge is 0.366 e. The first-order chi connectivity index (χ1) is 8.31. The van der Waals surface area contributed by atoms with Gasteiger partial charge in [0.1, 0.15) is 0 Å². The first-order valence-corrected chi connectivity index (χ1v) is 6.86. The molecule has 0 fully saturated rings. The SMILES string of the molecule is CCC(CC)C(CN)N1CCc2ccccc21. The molecule has 0 spiro atoms. The summed E-state index contributed by atoms with van der Waals surface area (Å²) in [4.78, 5) is 2.53. The first kappa shape index (κ1) is 12.4. The molecule has 1 aromatic carbocycles. The molecule has 2 N–H and O–H groups in total. The predicted octanol–water partition coefficient (Wildman–Crippen LogP) is 2.81. The van der Waals surface area contributed by atoms with Gasteiger partial charge in [-0.15, -0.1) is 0 Å². The average molecular weight is 232 g/mol. The zero-order valence-electron chi connectivity index (χ0n) is 11.0. The maximum atomic E-state index is 6.02. The molecule has 1 aliphatic heterocycles. The van der Waals surface area contributed by atoms with E-state index < -0.39 is 0 Å². The van der Waals surface area contributed by atoms with E-state index in [2.05, 4.69) is 43.0 Å². The van der Waals surface area contributed by atoms with E-state index in [9.17, 15) is 0 Å². The van der Waals surface area contributed by atoms with E-state index in [4.69, 9.17) is 5.73 Å². The number of benzene rings is 1. The first-order valence-electron chi connectivity index (χ1n) is 6.86. The Morgan fingerprint density at radius 1 is 1.24 bits per heavy atom. The van der Waals surface area contributed by atoms with Crippen LogP contribution in [0.4, 0.5) is 5.69 Å². The van der Waals surface area contributed by atoms with Crippen LogP contribution >= 0.6 is 0 Å². The topological polar surface area (TPSA) is 29.3 Å². The summed E-state index contributed by atoms with van der Waals surface area (Å²) in [7, 11) is 0. The number of para-hydroxylation sites is 1. The highest BCUT2D eigenvalue weighted by atomic mass is 15.2. The van der Waals surface area contributed by atoms with Crippen LogP contribution in [0.2, 0.25) is 0 Å². The molecule has 0 aliphatic carbocycles. The second-order valence-corrected chi connectivity index (χ2v) is 4.95. The highest BCUT2D eigenvalue weighted by molar-refractivity contribution is 5.58. The summed E-state index contributed by atoms with van der Waals surface area (Å²) in [6, 6.07) is 9.27. The van der Waals surface area contributed by atoms with Crippen LogP contribution in [0.1, 0.15) is 32.3 Å². The molecule has 1 unspecified atom stereocenters. The molecule has 94 valence electrons. The number of nitrogens with two attached hydrogens (primary N) is 1. The van der Waals surface area contributed by atoms with Crippen LogP contribution in [0.3, 0.4) is 0 Å². The van der Waals surface area contributed by atoms with Gasteiger partial charge >= 0.3 is 0 Å². The highest BCUT2D eigenvalue weighted by Gasteiger charge is 2.28. The Morgan fingerprint density at radius 3 is 2.59 bits per heavy atom. The van der Waals surface area contributed by atoms with Gasteiger partial charge in [0.15, 0.2) is 0 Å². The summed E-state index contributed by atoms with van der Waals surface area (Å²) in [5, 5.41) is 0. The van der Waals surface area contributed by atoms with E-state index in [0.717, 1.165) is 13.1 Å². The van der Waals surface area contributed by atoms with Crippen molar-refractivity contribution in [3.05, 3.63) is 29.8 Å². The summed E-state index contributed by atoms with van der Waals surface area (Å²) in [6.07, 6.45) is 3.61. The van der Waals surface area contributed by atoms with Crippen molar-refractivity contribution in [1.82, 2.24) is 0 Å². The third-order valence-corrected chi connectivity index (χ3v) is 4.16. The fraction of sp³-hybridized carbons (Fsp3) is 0.600. The molecule has 0 bridgehead atoms. The molecule has 1 aromatic rings. The zero-order chi connectivity index (χ0) is 12.3. The van der Waals surface area contributed by atoms with Gasteiger partial charge in [-0.25, -0.2) is 0 Å². The van der Waals surface area contributed by atoms with E-state index in [1.807, 2.05) is 0 Å². The Labute approximate surface area is 105 Å². The van der Waals surface area contributed by atoms with Crippen molar-refractivity contribution >= 4 is 5.69 Å². The van der Waals surface area contributed by atoms with Crippen LogP contribution in [-0.2, 0) is 6.42 Å². The monoisotopic (exact) mass is 232 g/mol. The van der Waals surface area contributed by atoms with Crippen molar-refractivity contribution in [2.24, 2.45) is 11.7 Å². The zero-order valence-corrected chi connectivity index (χ0v) is 11.0. The maximum Gasteiger partial charge on any atom is 0.0440 e. The summed E-state index contributed by atoms with van der Waals surface area (Å²) < 4.78 is 0. The van der Waals surface area contributed by atoms with Crippen molar-refractivity contribution in [2.75, 3.05) is 18.0 Å². The van der Waals surface area contributed by atoms with E-state index in [0.29, 0.717) is 12.0 Å². The minimum absolute atomic E-state index is 0.508. The lowest BCUT2D eigenvalue weighted by atomic mass is 9.93. The molecule has 2 heteroatoms. The van der Waals surface area contributed by atoms with Gasteiger partial charge in [0.25, 0.3) is 0 Å². The van der Waals surface area contributed by atoms with Gasteiger partial charge in [-0.3, -0.25) is 0 Å². The number of anilines is 1. The fourth-order valence-corrected chi connectivity index (χ4v) is 3.12. The molecular weight excluding hydrogens is 208 g/mol. The number of rotatable bonds is 5. The molecule has 1 atom stereocenters. The Kier molecular flexibility index (Phi) is 4.06. The third-order valence-electron chi connectivity index (χ3n) is 4.16. The van der Waals surface area contributed by atoms with Crippen LogP contribution in [0.5, 0.6) is 0 Å². The van der Waals surface area contributed by atoms with Crippen LogP contribution in [0.25, 0.3) is 0 Å². The minimum Gasteiger partial charge on any atom is -0.366 e. The molecule has 2 rings (SSSR count). The van der Waals surface area contributed by atoms with Gasteiger partial charge in [0, 0.05) is 24.8 Å². The van der Waals surface area contributed by atoms with Crippen LogP contribution in [0.15, 0.2) is 24.3 Å². The molecule has 1 aliphatic rings. The van der Waals surface area contributed by atoms with Gasteiger partial charge in [-0.2, -0.15) is 0 Å². The Bertz CT molecular complexity index is 358. The second-order valence-electron chi connectivity index (χ2n) is 4.95. The molecule has 0 saturated carbocycles. The van der Waals surface area contributed by atoms with Gasteiger partial charge in [-0.05, 0) is 24.0 Å². The summed E-state index contributed by atoms with van der Waals surface area (Å²) >= 11 is 0. The minimum atomic E-state index is 0.508. The van der Waals surface area contributed by atoms with Crippen LogP contribution < -0.4 is 10.6 Å². The molecular formula is C15H24N2. The molecule has 0 amide bonds. The summed E-state index contributed by atoms with van der Waals surface area (Å²) in [5.41, 5.74) is 8.92. The van der Waals surface area contributed by atoms with E-state index in [1.165, 1.54) is 30.5 Å². The molecule has 17 heavy (non-hydrogen) atoms. The molecule has 0 saturated heterocycles. The Hall–Kier alpha value is -1.02. The van der Waals surface area contributed by atoms with E-state index >= 15 is 0 Å². The van der Waals surface area contributed by atoms with Crippen molar-refractivity contribution < 1.29 is 0 Å². The molecule has 0 aromatic heterocycles. The van der Waals surface area contributed by atoms with Crippen molar-refractivity contribution in [3.63, 3.8) is 0 Å². The fourth-order valence-electron chi connectivity index (χ4n) is 3.12. The summed E-state index contributed by atoms with van der Waals surface area (Å²) in [5.74, 6) is 0.714. The molecule has 1 heterocycles. The maximum absolute atomic E-state index is 6.02. The lowest BCUT2D eigenvalue weighted by molar-refractivity contribution is 0.382. The van der Waals surface area contributed by atoms with E-state index in [1.54, 1.807) is 0 Å². The standard InChI is InChI=1S/C15H24N2/c1-3-12(4-2)15(11-16)17-10-9-13-7-5-6-8-14(13)17/h5-8,12,15H,3-4,9-11,16H2,1-2H3. The Morgan fingerprint density at radius 2 is 1.94 bits per heavy atom. The van der Waals surface area contributed by atoms with E-state index in [-0.39, 0.29) is 0 Å². The number of hydrogen-bond donors (Lipinski definition) is 1.